The average molecular weight is 396 g/mol. The summed E-state index contributed by atoms with van der Waals surface area (Å²) in [5, 5.41) is 7.22. The molecule has 0 aliphatic heterocycles. The summed E-state index contributed by atoms with van der Waals surface area (Å²) in [5.74, 6) is 0.0110. The number of likely N-dealkylation sites (N-methyl/N-ethyl adjacent to an activating group) is 1. The van der Waals surface area contributed by atoms with Crippen LogP contribution in [0.5, 0.6) is 0 Å². The molecule has 1 heterocycles. The Bertz CT molecular complexity index is 1190. The van der Waals surface area contributed by atoms with Gasteiger partial charge in [-0.05, 0) is 48.9 Å². The van der Waals surface area contributed by atoms with E-state index in [9.17, 15) is 4.79 Å². The van der Waals surface area contributed by atoms with Crippen molar-refractivity contribution in [1.29, 1.82) is 0 Å². The average Bonchev–Trinajstić information content (AvgIpc) is 3.23. The Balaban J connectivity index is 1.79. The van der Waals surface area contributed by atoms with Gasteiger partial charge in [-0.15, -0.1) is 0 Å². The maximum Gasteiger partial charge on any atom is 0.246 e. The Morgan fingerprint density at radius 3 is 2.37 bits per heavy atom. The molecular formula is C26H25N3O. The molecule has 0 spiro atoms. The number of amides is 1. The largest absolute Gasteiger partial charge is 0.340 e. The van der Waals surface area contributed by atoms with Crippen molar-refractivity contribution in [2.45, 2.75) is 13.8 Å². The molecule has 0 saturated heterocycles. The van der Waals surface area contributed by atoms with E-state index >= 15 is 0 Å². The molecule has 0 aliphatic carbocycles. The first-order valence-electron chi connectivity index (χ1n) is 10.3. The van der Waals surface area contributed by atoms with Crippen molar-refractivity contribution in [2.75, 3.05) is 13.1 Å². The van der Waals surface area contributed by atoms with Crippen molar-refractivity contribution >= 4 is 22.8 Å². The molecule has 0 aliphatic rings. The lowest BCUT2D eigenvalue weighted by atomic mass is 10.0. The SMILES string of the molecule is CCN(CC)C(=O)C=Cc1cn(-c2ccccc2)nc1-c1ccc2ccccc2c1. The standard InChI is InChI=1S/C26H25N3O/c1-3-28(4-2)25(30)17-16-23-19-29(24-12-6-5-7-13-24)27-26(23)22-15-14-20-10-8-9-11-21(20)18-22/h5-19H,3-4H2,1-2H3. The molecule has 4 heteroatoms. The highest BCUT2D eigenvalue weighted by atomic mass is 16.2. The van der Waals surface area contributed by atoms with Gasteiger partial charge in [0, 0.05) is 36.5 Å². The summed E-state index contributed by atoms with van der Waals surface area (Å²) in [4.78, 5) is 14.3. The molecule has 0 radical (unpaired) electrons. The number of fused-ring (bicyclic) bond motifs is 1. The van der Waals surface area contributed by atoms with Crippen LogP contribution in [0.25, 0.3) is 33.8 Å². The zero-order valence-electron chi connectivity index (χ0n) is 17.3. The summed E-state index contributed by atoms with van der Waals surface area (Å²) in [5.41, 5.74) is 3.77. The molecule has 0 N–H and O–H groups in total. The van der Waals surface area contributed by atoms with Crippen LogP contribution in [0.2, 0.25) is 0 Å². The number of nitrogens with zero attached hydrogens (tertiary/aromatic N) is 3. The summed E-state index contributed by atoms with van der Waals surface area (Å²) in [7, 11) is 0. The summed E-state index contributed by atoms with van der Waals surface area (Å²) in [6.07, 6.45) is 5.49. The second-order valence-electron chi connectivity index (χ2n) is 7.12. The highest BCUT2D eigenvalue weighted by molar-refractivity contribution is 5.93. The van der Waals surface area contributed by atoms with E-state index in [0.717, 1.165) is 22.5 Å². The van der Waals surface area contributed by atoms with Gasteiger partial charge in [0.05, 0.1) is 11.4 Å². The third kappa shape index (κ3) is 4.03. The zero-order valence-corrected chi connectivity index (χ0v) is 17.3. The maximum absolute atomic E-state index is 12.5. The summed E-state index contributed by atoms with van der Waals surface area (Å²) in [6, 6.07) is 24.6. The minimum Gasteiger partial charge on any atom is -0.340 e. The van der Waals surface area contributed by atoms with Crippen LogP contribution in [0.3, 0.4) is 0 Å². The second-order valence-corrected chi connectivity index (χ2v) is 7.12. The number of carbonyl (C=O) groups is 1. The molecule has 0 atom stereocenters. The summed E-state index contributed by atoms with van der Waals surface area (Å²) in [6.45, 7) is 5.37. The van der Waals surface area contributed by atoms with E-state index in [4.69, 9.17) is 5.10 Å². The van der Waals surface area contributed by atoms with E-state index in [1.165, 1.54) is 10.8 Å². The third-order valence-electron chi connectivity index (χ3n) is 5.27. The van der Waals surface area contributed by atoms with Gasteiger partial charge in [0.2, 0.25) is 5.91 Å². The fraction of sp³-hybridized carbons (Fsp3) is 0.154. The summed E-state index contributed by atoms with van der Waals surface area (Å²) < 4.78 is 1.87. The Kier molecular flexibility index (Phi) is 5.75. The maximum atomic E-state index is 12.5. The molecule has 0 saturated carbocycles. The van der Waals surface area contributed by atoms with Crippen LogP contribution in [0.1, 0.15) is 19.4 Å². The number of carbonyl (C=O) groups excluding carboxylic acids is 1. The number of para-hydroxylation sites is 1. The van der Waals surface area contributed by atoms with Crippen LogP contribution in [0.4, 0.5) is 0 Å². The second kappa shape index (κ2) is 8.78. The summed E-state index contributed by atoms with van der Waals surface area (Å²) >= 11 is 0. The van der Waals surface area contributed by atoms with Gasteiger partial charge in [-0.3, -0.25) is 4.79 Å². The highest BCUT2D eigenvalue weighted by Gasteiger charge is 2.12. The Morgan fingerprint density at radius 2 is 1.63 bits per heavy atom. The molecule has 4 aromatic rings. The predicted molar refractivity (Wildman–Crippen MR) is 123 cm³/mol. The lowest BCUT2D eigenvalue weighted by Gasteiger charge is -2.15. The van der Waals surface area contributed by atoms with Crippen molar-refractivity contribution in [3.8, 4) is 16.9 Å². The molecule has 30 heavy (non-hydrogen) atoms. The van der Waals surface area contributed by atoms with E-state index in [2.05, 4.69) is 30.3 Å². The van der Waals surface area contributed by atoms with Gasteiger partial charge in [0.1, 0.15) is 0 Å². The van der Waals surface area contributed by atoms with Gasteiger partial charge in [-0.2, -0.15) is 5.10 Å². The van der Waals surface area contributed by atoms with E-state index in [1.807, 2.05) is 73.3 Å². The smallest absolute Gasteiger partial charge is 0.246 e. The highest BCUT2D eigenvalue weighted by Crippen LogP contribution is 2.28. The van der Waals surface area contributed by atoms with Gasteiger partial charge >= 0.3 is 0 Å². The molecule has 3 aromatic carbocycles. The molecule has 0 bridgehead atoms. The van der Waals surface area contributed by atoms with Gasteiger partial charge in [0.15, 0.2) is 0 Å². The number of benzene rings is 3. The van der Waals surface area contributed by atoms with Crippen LogP contribution >= 0.6 is 0 Å². The molecule has 150 valence electrons. The predicted octanol–water partition coefficient (Wildman–Crippen LogP) is 5.57. The Labute approximate surface area is 177 Å². The van der Waals surface area contributed by atoms with Crippen molar-refractivity contribution in [2.24, 2.45) is 0 Å². The molecule has 1 aromatic heterocycles. The Morgan fingerprint density at radius 1 is 0.933 bits per heavy atom. The quantitative estimate of drug-likeness (QED) is 0.400. The number of hydrogen-bond donors (Lipinski definition) is 0. The van der Waals surface area contributed by atoms with Crippen molar-refractivity contribution in [1.82, 2.24) is 14.7 Å². The molecule has 0 unspecified atom stereocenters. The zero-order chi connectivity index (χ0) is 20.9. The first-order chi connectivity index (χ1) is 14.7. The van der Waals surface area contributed by atoms with Crippen LogP contribution in [0, 0.1) is 0 Å². The lowest BCUT2D eigenvalue weighted by molar-refractivity contribution is -0.125. The fourth-order valence-electron chi connectivity index (χ4n) is 3.58. The van der Waals surface area contributed by atoms with Crippen molar-refractivity contribution in [3.05, 3.63) is 90.6 Å². The lowest BCUT2D eigenvalue weighted by Crippen LogP contribution is -2.28. The molecular weight excluding hydrogens is 370 g/mol. The van der Waals surface area contributed by atoms with E-state index in [-0.39, 0.29) is 5.91 Å². The number of aromatic nitrogens is 2. The van der Waals surface area contributed by atoms with Crippen LogP contribution < -0.4 is 0 Å². The van der Waals surface area contributed by atoms with Gasteiger partial charge in [-0.1, -0.05) is 54.6 Å². The van der Waals surface area contributed by atoms with Crippen LogP contribution in [0.15, 0.2) is 85.1 Å². The van der Waals surface area contributed by atoms with Crippen molar-refractivity contribution in [3.63, 3.8) is 0 Å². The minimum absolute atomic E-state index is 0.0110. The topological polar surface area (TPSA) is 38.1 Å². The molecule has 1 amide bonds. The fourth-order valence-corrected chi connectivity index (χ4v) is 3.58. The van der Waals surface area contributed by atoms with Gasteiger partial charge in [-0.25, -0.2) is 4.68 Å². The Hall–Kier alpha value is -3.66. The number of rotatable bonds is 6. The van der Waals surface area contributed by atoms with E-state index < -0.39 is 0 Å². The van der Waals surface area contributed by atoms with Crippen molar-refractivity contribution < 1.29 is 4.79 Å². The first kappa shape index (κ1) is 19.6. The third-order valence-corrected chi connectivity index (χ3v) is 5.27. The van der Waals surface area contributed by atoms with Gasteiger partial charge < -0.3 is 4.90 Å². The van der Waals surface area contributed by atoms with E-state index in [0.29, 0.717) is 13.1 Å². The van der Waals surface area contributed by atoms with Gasteiger partial charge in [0.25, 0.3) is 0 Å². The molecule has 0 fully saturated rings. The first-order valence-corrected chi connectivity index (χ1v) is 10.3. The van der Waals surface area contributed by atoms with Crippen LogP contribution in [-0.2, 0) is 4.79 Å². The van der Waals surface area contributed by atoms with E-state index in [1.54, 1.807) is 11.0 Å². The normalized spacial score (nSPS) is 11.3. The molecule has 4 rings (SSSR count). The monoisotopic (exact) mass is 395 g/mol. The minimum atomic E-state index is 0.0110. The molecule has 4 nitrogen and oxygen atoms in total. The van der Waals surface area contributed by atoms with Crippen LogP contribution in [-0.4, -0.2) is 33.7 Å². The number of hydrogen-bond acceptors (Lipinski definition) is 2.